The van der Waals surface area contributed by atoms with Crippen LogP contribution in [-0.4, -0.2) is 14.6 Å². The van der Waals surface area contributed by atoms with Crippen LogP contribution in [0.1, 0.15) is 28.7 Å². The van der Waals surface area contributed by atoms with E-state index in [0.717, 1.165) is 18.4 Å². The topological polar surface area (TPSA) is 73.9 Å². The van der Waals surface area contributed by atoms with Gasteiger partial charge in [0.1, 0.15) is 18.0 Å². The molecule has 0 saturated carbocycles. The average Bonchev–Trinajstić information content (AvgIpc) is 3.02. The molecule has 5 nitrogen and oxygen atoms in total. The molecule has 0 amide bonds. The molecule has 2 heterocycles. The summed E-state index contributed by atoms with van der Waals surface area (Å²) in [7, 11) is 0. The lowest BCUT2D eigenvalue weighted by Gasteiger charge is -2.08. The molecule has 1 N–H and O–H groups in total. The third kappa shape index (κ3) is 2.40. The number of nitriles is 1. The van der Waals surface area contributed by atoms with E-state index in [1.54, 1.807) is 0 Å². The van der Waals surface area contributed by atoms with Crippen LogP contribution in [0, 0.1) is 18.3 Å². The van der Waals surface area contributed by atoms with Gasteiger partial charge in [-0.1, -0.05) is 30.3 Å². The maximum atomic E-state index is 12.5. The zero-order valence-corrected chi connectivity index (χ0v) is 12.3. The molecule has 0 atom stereocenters. The first kappa shape index (κ1) is 14.1. The number of aryl methyl sites for hydroxylation is 1. The number of pyridine rings is 1. The van der Waals surface area contributed by atoms with Gasteiger partial charge in [-0.3, -0.25) is 9.89 Å². The van der Waals surface area contributed by atoms with Crippen molar-refractivity contribution >= 4 is 5.65 Å². The fraction of sp³-hybridized carbons (Fsp3) is 0.235. The van der Waals surface area contributed by atoms with E-state index < -0.39 is 0 Å². The summed E-state index contributed by atoms with van der Waals surface area (Å²) in [5.41, 5.74) is 3.44. The van der Waals surface area contributed by atoms with Crippen LogP contribution in [0.3, 0.4) is 0 Å². The Morgan fingerprint density at radius 1 is 1.27 bits per heavy atom. The number of aromatic amines is 1. The molecule has 3 rings (SSSR count). The molecule has 3 aromatic rings. The lowest BCUT2D eigenvalue weighted by molar-refractivity contribution is 0.787. The Morgan fingerprint density at radius 3 is 2.77 bits per heavy atom. The smallest absolute Gasteiger partial charge is 0.274 e. The van der Waals surface area contributed by atoms with Crippen LogP contribution < -0.4 is 5.56 Å². The van der Waals surface area contributed by atoms with Gasteiger partial charge in [-0.15, -0.1) is 0 Å². The number of H-pyrrole nitrogens is 1. The van der Waals surface area contributed by atoms with E-state index in [4.69, 9.17) is 0 Å². The summed E-state index contributed by atoms with van der Waals surface area (Å²) < 4.78 is 1.35. The van der Waals surface area contributed by atoms with Crippen molar-refractivity contribution in [3.05, 3.63) is 69.3 Å². The highest BCUT2D eigenvalue weighted by Gasteiger charge is 2.16. The number of aromatic nitrogens is 3. The van der Waals surface area contributed by atoms with E-state index in [1.807, 2.05) is 25.1 Å². The molecule has 22 heavy (non-hydrogen) atoms. The van der Waals surface area contributed by atoms with Crippen LogP contribution in [0.4, 0.5) is 0 Å². The molecule has 0 saturated heterocycles. The lowest BCUT2D eigenvalue weighted by Crippen LogP contribution is -2.22. The standard InChI is InChI=1S/C17H16N4O/c1-12-14(9-5-8-13-6-3-2-4-7-13)17(22)21-16(15(12)10-18)19-11-20-21/h2-4,6-7,11H,5,8-9H2,1H3,(H,19,20). The number of fused-ring (bicyclic) bond motifs is 1. The summed E-state index contributed by atoms with van der Waals surface area (Å²) in [5, 5.41) is 12.1. The monoisotopic (exact) mass is 292 g/mol. The van der Waals surface area contributed by atoms with E-state index in [-0.39, 0.29) is 5.56 Å². The molecule has 2 aromatic heterocycles. The molecular weight excluding hydrogens is 276 g/mol. The SMILES string of the molecule is Cc1c(CCCc2ccccc2)c(=O)n2[nH]cnc2c1C#N. The lowest BCUT2D eigenvalue weighted by atomic mass is 9.99. The van der Waals surface area contributed by atoms with Crippen LogP contribution in [0.5, 0.6) is 0 Å². The highest BCUT2D eigenvalue weighted by Crippen LogP contribution is 2.16. The Bertz CT molecular complexity index is 900. The van der Waals surface area contributed by atoms with Crippen LogP contribution in [0.25, 0.3) is 5.65 Å². The molecular formula is C17H16N4O. The normalized spacial score (nSPS) is 10.7. The van der Waals surface area contributed by atoms with Gasteiger partial charge in [-0.05, 0) is 37.3 Å². The minimum Gasteiger partial charge on any atom is -0.279 e. The molecule has 0 fully saturated rings. The number of rotatable bonds is 4. The van der Waals surface area contributed by atoms with E-state index in [9.17, 15) is 10.1 Å². The van der Waals surface area contributed by atoms with Crippen LogP contribution in [-0.2, 0) is 12.8 Å². The predicted octanol–water partition coefficient (Wildman–Crippen LogP) is 2.38. The molecule has 0 aliphatic heterocycles. The third-order valence-electron chi connectivity index (χ3n) is 3.94. The molecule has 1 aromatic carbocycles. The second-order valence-electron chi connectivity index (χ2n) is 5.28. The van der Waals surface area contributed by atoms with Crippen molar-refractivity contribution in [2.45, 2.75) is 26.2 Å². The predicted molar refractivity (Wildman–Crippen MR) is 83.7 cm³/mol. The quantitative estimate of drug-likeness (QED) is 0.802. The number of hydrogen-bond acceptors (Lipinski definition) is 3. The Kier molecular flexibility index (Phi) is 3.75. The molecule has 0 aliphatic rings. The van der Waals surface area contributed by atoms with Crippen molar-refractivity contribution in [1.29, 1.82) is 5.26 Å². The molecule has 0 unspecified atom stereocenters. The van der Waals surface area contributed by atoms with Gasteiger partial charge in [0.2, 0.25) is 0 Å². The van der Waals surface area contributed by atoms with Gasteiger partial charge in [-0.2, -0.15) is 9.78 Å². The summed E-state index contributed by atoms with van der Waals surface area (Å²) in [5.74, 6) is 0. The van der Waals surface area contributed by atoms with E-state index >= 15 is 0 Å². The average molecular weight is 292 g/mol. The maximum absolute atomic E-state index is 12.5. The van der Waals surface area contributed by atoms with Crippen molar-refractivity contribution in [2.24, 2.45) is 0 Å². The molecule has 0 aliphatic carbocycles. The molecule has 5 heteroatoms. The zero-order chi connectivity index (χ0) is 15.5. The van der Waals surface area contributed by atoms with Crippen molar-refractivity contribution in [1.82, 2.24) is 14.6 Å². The van der Waals surface area contributed by atoms with Gasteiger partial charge >= 0.3 is 0 Å². The number of benzene rings is 1. The Balaban J connectivity index is 1.91. The number of nitrogens with zero attached hydrogens (tertiary/aromatic N) is 3. The summed E-state index contributed by atoms with van der Waals surface area (Å²) in [4.78, 5) is 16.6. The van der Waals surface area contributed by atoms with Gasteiger partial charge in [0.15, 0.2) is 5.65 Å². The minimum atomic E-state index is -0.114. The second-order valence-corrected chi connectivity index (χ2v) is 5.28. The van der Waals surface area contributed by atoms with Crippen molar-refractivity contribution in [2.75, 3.05) is 0 Å². The largest absolute Gasteiger partial charge is 0.279 e. The molecule has 0 radical (unpaired) electrons. The van der Waals surface area contributed by atoms with Crippen molar-refractivity contribution in [3.8, 4) is 6.07 Å². The number of hydrogen-bond donors (Lipinski definition) is 1. The van der Waals surface area contributed by atoms with Crippen LogP contribution in [0.2, 0.25) is 0 Å². The third-order valence-corrected chi connectivity index (χ3v) is 3.94. The summed E-state index contributed by atoms with van der Waals surface area (Å²) >= 11 is 0. The highest BCUT2D eigenvalue weighted by molar-refractivity contribution is 5.59. The Hall–Kier alpha value is -2.87. The fourth-order valence-corrected chi connectivity index (χ4v) is 2.75. The molecule has 0 spiro atoms. The van der Waals surface area contributed by atoms with Gasteiger partial charge in [0, 0.05) is 5.56 Å². The van der Waals surface area contributed by atoms with Gasteiger partial charge in [0.05, 0.1) is 0 Å². The first-order chi connectivity index (χ1) is 10.7. The minimum absolute atomic E-state index is 0.114. The summed E-state index contributed by atoms with van der Waals surface area (Å²) in [6, 6.07) is 12.3. The first-order valence-corrected chi connectivity index (χ1v) is 7.24. The van der Waals surface area contributed by atoms with Crippen molar-refractivity contribution < 1.29 is 0 Å². The van der Waals surface area contributed by atoms with E-state index in [0.29, 0.717) is 23.2 Å². The zero-order valence-electron chi connectivity index (χ0n) is 12.3. The highest BCUT2D eigenvalue weighted by atomic mass is 16.1. The molecule has 0 bridgehead atoms. The summed E-state index contributed by atoms with van der Waals surface area (Å²) in [6.07, 6.45) is 3.86. The van der Waals surface area contributed by atoms with Crippen LogP contribution >= 0.6 is 0 Å². The van der Waals surface area contributed by atoms with Gasteiger partial charge in [0.25, 0.3) is 5.56 Å². The number of nitrogens with one attached hydrogen (secondary N) is 1. The molecule has 110 valence electrons. The summed E-state index contributed by atoms with van der Waals surface area (Å²) in [6.45, 7) is 1.83. The van der Waals surface area contributed by atoms with Crippen LogP contribution in [0.15, 0.2) is 41.5 Å². The van der Waals surface area contributed by atoms with E-state index in [2.05, 4.69) is 28.3 Å². The van der Waals surface area contributed by atoms with Gasteiger partial charge in [-0.25, -0.2) is 4.98 Å². The fourth-order valence-electron chi connectivity index (χ4n) is 2.75. The maximum Gasteiger partial charge on any atom is 0.274 e. The first-order valence-electron chi connectivity index (χ1n) is 7.24. The second kappa shape index (κ2) is 5.86. The van der Waals surface area contributed by atoms with Gasteiger partial charge < -0.3 is 0 Å². The van der Waals surface area contributed by atoms with E-state index in [1.165, 1.54) is 16.4 Å². The Labute approximate surface area is 127 Å². The Morgan fingerprint density at radius 2 is 2.05 bits per heavy atom. The van der Waals surface area contributed by atoms with Crippen molar-refractivity contribution in [3.63, 3.8) is 0 Å².